The number of methoxy groups -OCH3 is 1. The maximum Gasteiger partial charge on any atom is 0.325 e. The second-order valence-corrected chi connectivity index (χ2v) is 3.53. The SMILES string of the molecule is CCC1(C)C(=O)NC(=O)N1CCOC. The van der Waals surface area contributed by atoms with Crippen molar-refractivity contribution in [3.05, 3.63) is 0 Å². The van der Waals surface area contributed by atoms with E-state index in [1.54, 1.807) is 14.0 Å². The third-order valence-corrected chi connectivity index (χ3v) is 2.76. The van der Waals surface area contributed by atoms with Crippen LogP contribution in [0.25, 0.3) is 0 Å². The molecule has 1 atom stereocenters. The average Bonchev–Trinajstić information content (AvgIpc) is 2.37. The van der Waals surface area contributed by atoms with Gasteiger partial charge in [-0.2, -0.15) is 0 Å². The quantitative estimate of drug-likeness (QED) is 0.666. The van der Waals surface area contributed by atoms with Gasteiger partial charge in [0, 0.05) is 13.7 Å². The highest BCUT2D eigenvalue weighted by molar-refractivity contribution is 6.06. The lowest BCUT2D eigenvalue weighted by molar-refractivity contribution is -0.126. The number of amides is 3. The van der Waals surface area contributed by atoms with E-state index < -0.39 is 5.54 Å². The minimum Gasteiger partial charge on any atom is -0.383 e. The van der Waals surface area contributed by atoms with Crippen molar-refractivity contribution in [1.82, 2.24) is 10.2 Å². The van der Waals surface area contributed by atoms with Gasteiger partial charge in [-0.1, -0.05) is 6.92 Å². The average molecular weight is 200 g/mol. The normalized spacial score (nSPS) is 26.9. The molecular weight excluding hydrogens is 184 g/mol. The van der Waals surface area contributed by atoms with Crippen molar-refractivity contribution < 1.29 is 14.3 Å². The smallest absolute Gasteiger partial charge is 0.325 e. The van der Waals surface area contributed by atoms with Gasteiger partial charge in [0.25, 0.3) is 5.91 Å². The Balaban J connectivity index is 2.78. The van der Waals surface area contributed by atoms with Gasteiger partial charge in [-0.15, -0.1) is 0 Å². The molecule has 3 amide bonds. The lowest BCUT2D eigenvalue weighted by Crippen LogP contribution is -2.47. The van der Waals surface area contributed by atoms with E-state index in [-0.39, 0.29) is 11.9 Å². The number of urea groups is 1. The second kappa shape index (κ2) is 3.96. The first-order valence-electron chi connectivity index (χ1n) is 4.68. The summed E-state index contributed by atoms with van der Waals surface area (Å²) >= 11 is 0. The molecule has 0 aliphatic carbocycles. The topological polar surface area (TPSA) is 58.6 Å². The first kappa shape index (κ1) is 11.0. The Morgan fingerprint density at radius 2 is 2.14 bits per heavy atom. The van der Waals surface area contributed by atoms with Crippen molar-refractivity contribution in [3.8, 4) is 0 Å². The second-order valence-electron chi connectivity index (χ2n) is 3.53. The van der Waals surface area contributed by atoms with Gasteiger partial charge >= 0.3 is 6.03 Å². The summed E-state index contributed by atoms with van der Waals surface area (Å²) in [4.78, 5) is 24.4. The zero-order chi connectivity index (χ0) is 10.8. The van der Waals surface area contributed by atoms with Gasteiger partial charge in [0.2, 0.25) is 0 Å². The molecule has 1 saturated heterocycles. The van der Waals surface area contributed by atoms with Crippen LogP contribution in [0.2, 0.25) is 0 Å². The van der Waals surface area contributed by atoms with E-state index in [1.807, 2.05) is 6.92 Å². The van der Waals surface area contributed by atoms with Crippen molar-refractivity contribution in [2.24, 2.45) is 0 Å². The molecule has 1 fully saturated rings. The molecule has 1 unspecified atom stereocenters. The molecule has 1 N–H and O–H groups in total. The monoisotopic (exact) mass is 200 g/mol. The number of carbonyl (C=O) groups is 2. The van der Waals surface area contributed by atoms with Crippen molar-refractivity contribution >= 4 is 11.9 Å². The predicted octanol–water partition coefficient (Wildman–Crippen LogP) is 0.353. The van der Waals surface area contributed by atoms with Crippen LogP contribution < -0.4 is 5.32 Å². The lowest BCUT2D eigenvalue weighted by Gasteiger charge is -2.30. The van der Waals surface area contributed by atoms with Crippen LogP contribution in [0.3, 0.4) is 0 Å². The summed E-state index contributed by atoms with van der Waals surface area (Å²) in [5.74, 6) is -0.221. The van der Waals surface area contributed by atoms with Crippen molar-refractivity contribution in [2.45, 2.75) is 25.8 Å². The fourth-order valence-corrected chi connectivity index (χ4v) is 1.53. The number of imide groups is 1. The molecule has 0 saturated carbocycles. The molecule has 1 aliphatic heterocycles. The summed E-state index contributed by atoms with van der Waals surface area (Å²) in [5, 5.41) is 2.31. The van der Waals surface area contributed by atoms with Crippen LogP contribution in [0, 0.1) is 0 Å². The fraction of sp³-hybridized carbons (Fsp3) is 0.778. The summed E-state index contributed by atoms with van der Waals surface area (Å²) in [6, 6.07) is -0.323. The summed E-state index contributed by atoms with van der Waals surface area (Å²) < 4.78 is 4.89. The van der Waals surface area contributed by atoms with Crippen LogP contribution >= 0.6 is 0 Å². The molecule has 1 rings (SSSR count). The zero-order valence-corrected chi connectivity index (χ0v) is 8.79. The molecule has 0 spiro atoms. The summed E-state index contributed by atoms with van der Waals surface area (Å²) in [6.07, 6.45) is 0.605. The standard InChI is InChI=1S/C9H16N2O3/c1-4-9(2)7(12)10-8(13)11(9)5-6-14-3/h4-6H2,1-3H3,(H,10,12,13). The van der Waals surface area contributed by atoms with E-state index in [0.29, 0.717) is 19.6 Å². The van der Waals surface area contributed by atoms with Crippen molar-refractivity contribution in [1.29, 1.82) is 0 Å². The molecule has 1 aliphatic rings. The maximum absolute atomic E-state index is 11.5. The minimum absolute atomic E-state index is 0.221. The number of nitrogens with one attached hydrogen (secondary N) is 1. The van der Waals surface area contributed by atoms with Gasteiger partial charge in [-0.05, 0) is 13.3 Å². The Morgan fingerprint density at radius 3 is 2.64 bits per heavy atom. The Kier molecular flexibility index (Phi) is 3.10. The Labute approximate surface area is 83.4 Å². The largest absolute Gasteiger partial charge is 0.383 e. The number of rotatable bonds is 4. The van der Waals surface area contributed by atoms with Crippen LogP contribution in [0.5, 0.6) is 0 Å². The van der Waals surface area contributed by atoms with E-state index in [9.17, 15) is 9.59 Å². The van der Waals surface area contributed by atoms with Gasteiger partial charge in [-0.3, -0.25) is 10.1 Å². The van der Waals surface area contributed by atoms with Gasteiger partial charge in [-0.25, -0.2) is 4.79 Å². The Bertz CT molecular complexity index is 254. The van der Waals surface area contributed by atoms with Crippen LogP contribution in [-0.2, 0) is 9.53 Å². The summed E-state index contributed by atoms with van der Waals surface area (Å²) in [6.45, 7) is 4.54. The van der Waals surface area contributed by atoms with Gasteiger partial charge < -0.3 is 9.64 Å². The van der Waals surface area contributed by atoms with Gasteiger partial charge in [0.1, 0.15) is 5.54 Å². The molecule has 1 heterocycles. The van der Waals surface area contributed by atoms with E-state index >= 15 is 0 Å². The molecule has 0 aromatic carbocycles. The predicted molar refractivity (Wildman–Crippen MR) is 50.8 cm³/mol. The zero-order valence-electron chi connectivity index (χ0n) is 8.79. The van der Waals surface area contributed by atoms with Crippen LogP contribution in [0.15, 0.2) is 0 Å². The third kappa shape index (κ3) is 1.59. The molecular formula is C9H16N2O3. The Morgan fingerprint density at radius 1 is 1.50 bits per heavy atom. The molecule has 0 aromatic heterocycles. The maximum atomic E-state index is 11.5. The van der Waals surface area contributed by atoms with E-state index in [2.05, 4.69) is 5.32 Å². The molecule has 5 heteroatoms. The molecule has 80 valence electrons. The van der Waals surface area contributed by atoms with Gasteiger partial charge in [0.15, 0.2) is 0 Å². The van der Waals surface area contributed by atoms with Crippen LogP contribution in [0.4, 0.5) is 4.79 Å². The highest BCUT2D eigenvalue weighted by Crippen LogP contribution is 2.24. The highest BCUT2D eigenvalue weighted by Gasteiger charge is 2.47. The van der Waals surface area contributed by atoms with Crippen LogP contribution in [-0.4, -0.2) is 42.6 Å². The van der Waals surface area contributed by atoms with E-state index in [1.165, 1.54) is 4.90 Å². The van der Waals surface area contributed by atoms with E-state index in [0.717, 1.165) is 0 Å². The lowest BCUT2D eigenvalue weighted by atomic mass is 9.97. The molecule has 0 radical (unpaired) electrons. The van der Waals surface area contributed by atoms with E-state index in [4.69, 9.17) is 4.74 Å². The van der Waals surface area contributed by atoms with Crippen molar-refractivity contribution in [3.63, 3.8) is 0 Å². The first-order valence-corrected chi connectivity index (χ1v) is 4.68. The minimum atomic E-state index is -0.713. The highest BCUT2D eigenvalue weighted by atomic mass is 16.5. The summed E-state index contributed by atoms with van der Waals surface area (Å²) in [5.41, 5.74) is -0.713. The Hall–Kier alpha value is -1.10. The number of carbonyl (C=O) groups excluding carboxylic acids is 2. The van der Waals surface area contributed by atoms with Crippen molar-refractivity contribution in [2.75, 3.05) is 20.3 Å². The number of hydrogen-bond donors (Lipinski definition) is 1. The molecule has 0 aromatic rings. The molecule has 0 bridgehead atoms. The summed E-state index contributed by atoms with van der Waals surface area (Å²) in [7, 11) is 1.57. The van der Waals surface area contributed by atoms with Crippen LogP contribution in [0.1, 0.15) is 20.3 Å². The fourth-order valence-electron chi connectivity index (χ4n) is 1.53. The molecule has 14 heavy (non-hydrogen) atoms. The first-order chi connectivity index (χ1) is 6.56. The molecule has 5 nitrogen and oxygen atoms in total. The number of ether oxygens (including phenoxy) is 1. The number of nitrogens with zero attached hydrogens (tertiary/aromatic N) is 1. The van der Waals surface area contributed by atoms with Gasteiger partial charge in [0.05, 0.1) is 6.61 Å². The third-order valence-electron chi connectivity index (χ3n) is 2.76. The number of hydrogen-bond acceptors (Lipinski definition) is 3.